The number of amides is 2. The minimum atomic E-state index is -2.87. The molecular formula is C44H52N4O14. The third kappa shape index (κ3) is 5.40. The van der Waals surface area contributed by atoms with Crippen LogP contribution in [-0.2, 0) is 41.7 Å². The van der Waals surface area contributed by atoms with Crippen LogP contribution in [0.15, 0.2) is 84.0 Å². The Morgan fingerprint density at radius 2 is 1.44 bits per heavy atom. The van der Waals surface area contributed by atoms with Crippen molar-refractivity contribution in [3.05, 3.63) is 95.8 Å². The Balaban J connectivity index is 1.12. The number of carbonyl (C=O) groups is 4. The highest BCUT2D eigenvalue weighted by molar-refractivity contribution is 6.01. The van der Waals surface area contributed by atoms with Crippen LogP contribution in [0, 0.1) is 22.7 Å². The number of rotatable bonds is 10. The number of aromatic nitrogens is 1. The summed E-state index contributed by atoms with van der Waals surface area (Å²) in [5.74, 6) is -6.79. The van der Waals surface area contributed by atoms with Gasteiger partial charge in [-0.1, -0.05) is 88.4 Å². The van der Waals surface area contributed by atoms with Crippen LogP contribution in [-0.4, -0.2) is 113 Å². The first-order valence-electron chi connectivity index (χ1n) is 20.6. The molecule has 11 atom stereocenters. The van der Waals surface area contributed by atoms with Gasteiger partial charge in [0.2, 0.25) is 5.96 Å². The molecule has 2 saturated heterocycles. The zero-order chi connectivity index (χ0) is 44.7. The molecule has 2 aromatic carbocycles. The summed E-state index contributed by atoms with van der Waals surface area (Å²) >= 11 is 0. The number of aliphatic hydroxyl groups is 5. The van der Waals surface area contributed by atoms with Gasteiger partial charge in [0.05, 0.1) is 5.41 Å². The van der Waals surface area contributed by atoms with Crippen molar-refractivity contribution in [1.29, 1.82) is 0 Å². The Bertz CT molecular complexity index is 2220. The summed E-state index contributed by atoms with van der Waals surface area (Å²) in [7, 11) is 0. The first-order valence-corrected chi connectivity index (χ1v) is 20.6. The van der Waals surface area contributed by atoms with Crippen LogP contribution in [0.25, 0.3) is 0 Å². The molecule has 1 spiro atoms. The minimum absolute atomic E-state index is 0.0246. The molecule has 6 aliphatic rings. The number of ether oxygens (including phenoxy) is 5. The number of carbonyl (C=O) groups excluding carboxylic acids is 4. The summed E-state index contributed by atoms with van der Waals surface area (Å²) in [5.41, 5.74) is -15.8. The van der Waals surface area contributed by atoms with Gasteiger partial charge in [-0.25, -0.2) is 19.4 Å². The summed E-state index contributed by atoms with van der Waals surface area (Å²) in [6.45, 7) is 6.42. The van der Waals surface area contributed by atoms with Crippen molar-refractivity contribution in [2.45, 2.75) is 113 Å². The molecule has 4 saturated carbocycles. The second kappa shape index (κ2) is 14.6. The van der Waals surface area contributed by atoms with Crippen molar-refractivity contribution in [2.24, 2.45) is 27.7 Å². The fourth-order valence-corrected chi connectivity index (χ4v) is 11.9. The van der Waals surface area contributed by atoms with E-state index < -0.39 is 112 Å². The van der Waals surface area contributed by atoms with Crippen LogP contribution in [0.3, 0.4) is 0 Å². The second-order valence-corrected chi connectivity index (χ2v) is 17.9. The highest BCUT2D eigenvalue weighted by atomic mass is 16.7. The molecule has 0 radical (unpaired) electrons. The van der Waals surface area contributed by atoms with Crippen molar-refractivity contribution >= 4 is 30.1 Å². The second-order valence-electron chi connectivity index (χ2n) is 17.9. The van der Waals surface area contributed by atoms with E-state index in [1.165, 1.54) is 26.1 Å². The summed E-state index contributed by atoms with van der Waals surface area (Å²) in [4.78, 5) is 60.3. The molecule has 3 aromatic rings. The average molecular weight is 861 g/mol. The Morgan fingerprint density at radius 3 is 1.97 bits per heavy atom. The number of benzene rings is 2. The molecule has 1 aromatic heterocycles. The first kappa shape index (κ1) is 43.3. The maximum absolute atomic E-state index is 14.0. The Hall–Kier alpha value is -5.37. The molecule has 1 unspecified atom stereocenters. The van der Waals surface area contributed by atoms with Crippen molar-refractivity contribution in [1.82, 2.24) is 15.6 Å². The lowest BCUT2D eigenvalue weighted by molar-refractivity contribution is -0.390. The number of hydrogen-bond acceptors (Lipinski definition) is 15. The van der Waals surface area contributed by atoms with Gasteiger partial charge in [-0.05, 0) is 54.9 Å². The fourth-order valence-electron chi connectivity index (χ4n) is 11.9. The van der Waals surface area contributed by atoms with Crippen molar-refractivity contribution in [3.8, 4) is 0 Å². The van der Waals surface area contributed by atoms with E-state index in [1.807, 2.05) is 0 Å². The van der Waals surface area contributed by atoms with Crippen molar-refractivity contribution in [3.63, 3.8) is 0 Å². The molecule has 3 heterocycles. The summed E-state index contributed by atoms with van der Waals surface area (Å²) in [6, 6.07) is 20.5. The SMILES string of the molecule is CC(C)[C@]1(O)[C@@H](OC(=O)c2ccc[nH]2)[C@@]2(O)[C@@]3(C)CC4(O)O[C@@]5([C@H](OC(=O)CN=C(NC(=O)OCc6ccccc6)NC(=O)OCc6ccccc6)[C@@H](C)CC[C@]35O)[C@@]2(O)[C@]41C. The monoisotopic (exact) mass is 860 g/mol. The van der Waals surface area contributed by atoms with E-state index in [0.717, 1.165) is 0 Å². The molecule has 4 aliphatic carbocycles. The number of guanidine groups is 1. The number of hydrogen-bond donors (Lipinski definition) is 8. The summed E-state index contributed by atoms with van der Waals surface area (Å²) in [6.07, 6.45) is -4.67. The number of H-pyrrole nitrogens is 1. The van der Waals surface area contributed by atoms with Gasteiger partial charge in [-0.2, -0.15) is 0 Å². The number of esters is 2. The highest BCUT2D eigenvalue weighted by Crippen LogP contribution is 2.90. The van der Waals surface area contributed by atoms with Crippen LogP contribution >= 0.6 is 0 Å². The molecule has 62 heavy (non-hydrogen) atoms. The van der Waals surface area contributed by atoms with Gasteiger partial charge in [0, 0.05) is 18.0 Å². The Morgan fingerprint density at radius 1 is 0.855 bits per heavy atom. The smallest absolute Gasteiger partial charge is 0.414 e. The molecule has 2 aliphatic heterocycles. The normalized spacial score (nSPS) is 38.2. The van der Waals surface area contributed by atoms with E-state index in [9.17, 15) is 44.7 Å². The van der Waals surface area contributed by atoms with Gasteiger partial charge in [-0.3, -0.25) is 15.4 Å². The molecule has 9 rings (SSSR count). The average Bonchev–Trinajstić information content (AvgIpc) is 3.87. The van der Waals surface area contributed by atoms with Crippen molar-refractivity contribution in [2.75, 3.05) is 6.54 Å². The number of nitrogens with one attached hydrogen (secondary N) is 3. The van der Waals surface area contributed by atoms with Gasteiger partial charge in [0.25, 0.3) is 0 Å². The van der Waals surface area contributed by atoms with Crippen LogP contribution < -0.4 is 10.6 Å². The molecule has 18 nitrogen and oxygen atoms in total. The first-order chi connectivity index (χ1) is 29.2. The number of nitrogens with zero attached hydrogens (tertiary/aromatic N) is 1. The van der Waals surface area contributed by atoms with Gasteiger partial charge >= 0.3 is 24.1 Å². The molecular weight excluding hydrogens is 808 g/mol. The lowest BCUT2D eigenvalue weighted by atomic mass is 9.52. The predicted octanol–water partition coefficient (Wildman–Crippen LogP) is 2.57. The maximum atomic E-state index is 14.0. The van der Waals surface area contributed by atoms with Gasteiger partial charge in [0.15, 0.2) is 17.5 Å². The standard InChI is InChI=1S/C44H52N4O14/c1-25(2)41(55)33(61-32(50)29-17-12-20-45-29)42(56)37(4)24-40(54)38(41,5)44(42,57)43(62-40)31(26(3)18-19-39(37,43)53)60-30(49)21-46-34(47-35(51)58-22-27-13-8-6-9-14-27)48-36(52)59-23-28-15-10-7-11-16-28/h6-17,20,25-26,31,33,45,53-57H,18-19,21-24H2,1-5H3,(H2,46,47,48,51,52)/t26-,31+,33+,37-,38+,39-,40?,41-,42+,43+,44+/m0/s1. The molecule has 6 fully saturated rings. The number of aliphatic imine (C=N–C) groups is 1. The van der Waals surface area contributed by atoms with Gasteiger partial charge in [-0.15, -0.1) is 0 Å². The van der Waals surface area contributed by atoms with E-state index in [2.05, 4.69) is 20.6 Å². The molecule has 2 amide bonds. The van der Waals surface area contributed by atoms with E-state index >= 15 is 0 Å². The Labute approximate surface area is 356 Å². The predicted molar refractivity (Wildman–Crippen MR) is 214 cm³/mol. The maximum Gasteiger partial charge on any atom is 0.414 e. The van der Waals surface area contributed by atoms with Crippen LogP contribution in [0.5, 0.6) is 0 Å². The van der Waals surface area contributed by atoms with Gasteiger partial charge in [0.1, 0.15) is 54.0 Å². The number of aromatic amines is 1. The van der Waals surface area contributed by atoms with Crippen molar-refractivity contribution < 1.29 is 68.4 Å². The third-order valence-corrected chi connectivity index (χ3v) is 14.8. The zero-order valence-electron chi connectivity index (χ0n) is 34.9. The Kier molecular flexibility index (Phi) is 10.2. The number of alkyl carbamates (subject to hydrolysis) is 2. The summed E-state index contributed by atoms with van der Waals surface area (Å²) < 4.78 is 29.2. The zero-order valence-corrected chi connectivity index (χ0v) is 34.9. The van der Waals surface area contributed by atoms with E-state index in [4.69, 9.17) is 23.7 Å². The van der Waals surface area contributed by atoms with Gasteiger partial charge < -0.3 is 54.2 Å². The topological polar surface area (TPSA) is 268 Å². The molecule has 8 N–H and O–H groups in total. The summed E-state index contributed by atoms with van der Waals surface area (Å²) in [5, 5.41) is 70.4. The fraction of sp³-hybridized carbons (Fsp3) is 0.523. The van der Waals surface area contributed by atoms with Crippen LogP contribution in [0.4, 0.5) is 9.59 Å². The molecule has 332 valence electrons. The quantitative estimate of drug-likeness (QED) is 0.0631. The highest BCUT2D eigenvalue weighted by Gasteiger charge is 3.10. The van der Waals surface area contributed by atoms with E-state index in [-0.39, 0.29) is 31.7 Å². The van der Waals surface area contributed by atoms with Crippen LogP contribution in [0.1, 0.15) is 75.5 Å². The third-order valence-electron chi connectivity index (χ3n) is 14.8. The molecule has 18 heteroatoms. The lowest BCUT2D eigenvalue weighted by Gasteiger charge is -2.60. The minimum Gasteiger partial charge on any atom is -0.457 e. The lowest BCUT2D eigenvalue weighted by Crippen LogP contribution is -2.76. The largest absolute Gasteiger partial charge is 0.457 e. The van der Waals surface area contributed by atoms with E-state index in [1.54, 1.807) is 87.5 Å². The van der Waals surface area contributed by atoms with Crippen LogP contribution in [0.2, 0.25) is 0 Å². The molecule has 6 bridgehead atoms. The van der Waals surface area contributed by atoms with E-state index in [0.29, 0.717) is 11.1 Å².